The Morgan fingerprint density at radius 2 is 2.35 bits per heavy atom. The number of carbonyl (C=O) groups excluding carboxylic acids is 1. The van der Waals surface area contributed by atoms with Crippen molar-refractivity contribution in [3.8, 4) is 11.8 Å². The third-order valence-corrected chi connectivity index (χ3v) is 1.84. The maximum absolute atomic E-state index is 11.4. The molecule has 0 atom stereocenters. The van der Waals surface area contributed by atoms with Gasteiger partial charge in [-0.3, -0.25) is 5.32 Å². The first-order valence-electron chi connectivity index (χ1n) is 5.47. The van der Waals surface area contributed by atoms with Gasteiger partial charge in [0.05, 0.1) is 6.54 Å². The van der Waals surface area contributed by atoms with E-state index in [0.29, 0.717) is 18.1 Å². The molecule has 0 radical (unpaired) electrons. The molecule has 0 saturated heterocycles. The fraction of sp³-hybridized carbons (Fsp3) is 0.333. The Balaban J connectivity index is 2.62. The molecule has 0 spiro atoms. The highest BCUT2D eigenvalue weighted by Gasteiger charge is 2.01. The lowest BCUT2D eigenvalue weighted by molar-refractivity contribution is 0.252. The number of urea groups is 1. The zero-order valence-corrected chi connectivity index (χ0v) is 9.79. The number of hydrogen-bond acceptors (Lipinski definition) is 3. The molecule has 5 heteroatoms. The van der Waals surface area contributed by atoms with E-state index >= 15 is 0 Å². The summed E-state index contributed by atoms with van der Waals surface area (Å²) in [4.78, 5) is 15.5. The minimum Gasteiger partial charge on any atom is -0.338 e. The van der Waals surface area contributed by atoms with Crippen molar-refractivity contribution in [3.63, 3.8) is 0 Å². The van der Waals surface area contributed by atoms with Crippen molar-refractivity contribution in [2.45, 2.75) is 13.3 Å². The fourth-order valence-corrected chi connectivity index (χ4v) is 1.11. The van der Waals surface area contributed by atoms with Crippen LogP contribution in [0, 0.1) is 11.8 Å². The zero-order chi connectivity index (χ0) is 12.5. The monoisotopic (exact) mass is 232 g/mol. The summed E-state index contributed by atoms with van der Waals surface area (Å²) < 4.78 is 0. The lowest BCUT2D eigenvalue weighted by Crippen LogP contribution is -2.29. The summed E-state index contributed by atoms with van der Waals surface area (Å²) in [6.07, 6.45) is 0.892. The summed E-state index contributed by atoms with van der Waals surface area (Å²) in [5, 5.41) is 5.33. The van der Waals surface area contributed by atoms with Gasteiger partial charge in [0.15, 0.2) is 0 Å². The topological polar surface area (TPSA) is 80.0 Å². The van der Waals surface area contributed by atoms with Crippen molar-refractivity contribution < 1.29 is 4.79 Å². The van der Waals surface area contributed by atoms with Crippen LogP contribution in [0.15, 0.2) is 18.2 Å². The van der Waals surface area contributed by atoms with Crippen molar-refractivity contribution in [1.29, 1.82) is 0 Å². The Labute approximate surface area is 101 Å². The molecule has 17 heavy (non-hydrogen) atoms. The number of nitrogens with one attached hydrogen (secondary N) is 2. The van der Waals surface area contributed by atoms with Gasteiger partial charge in [0.25, 0.3) is 0 Å². The number of aromatic nitrogens is 1. The Kier molecular flexibility index (Phi) is 5.55. The molecule has 0 aromatic carbocycles. The van der Waals surface area contributed by atoms with Gasteiger partial charge in [0.2, 0.25) is 0 Å². The number of nitrogens with two attached hydrogens (primary N) is 1. The Hall–Kier alpha value is -2.06. The molecule has 1 heterocycles. The van der Waals surface area contributed by atoms with Crippen molar-refractivity contribution in [2.75, 3.05) is 18.4 Å². The SMILES string of the molecule is CCCNC(=O)Nc1cccc(C#CCN)n1. The van der Waals surface area contributed by atoms with Gasteiger partial charge in [0.1, 0.15) is 11.5 Å². The molecule has 0 unspecified atom stereocenters. The molecule has 0 fully saturated rings. The van der Waals surface area contributed by atoms with Gasteiger partial charge in [-0.05, 0) is 24.5 Å². The van der Waals surface area contributed by atoms with Gasteiger partial charge < -0.3 is 11.1 Å². The van der Waals surface area contributed by atoms with Gasteiger partial charge in [-0.25, -0.2) is 9.78 Å². The number of pyridine rings is 1. The van der Waals surface area contributed by atoms with Gasteiger partial charge >= 0.3 is 6.03 Å². The quantitative estimate of drug-likeness (QED) is 0.678. The maximum Gasteiger partial charge on any atom is 0.320 e. The van der Waals surface area contributed by atoms with E-state index in [-0.39, 0.29) is 12.6 Å². The molecule has 0 aliphatic carbocycles. The van der Waals surface area contributed by atoms with Crippen LogP contribution >= 0.6 is 0 Å². The molecule has 1 rings (SSSR count). The number of hydrogen-bond donors (Lipinski definition) is 3. The summed E-state index contributed by atoms with van der Waals surface area (Å²) in [6.45, 7) is 2.91. The highest BCUT2D eigenvalue weighted by Crippen LogP contribution is 2.03. The smallest absolute Gasteiger partial charge is 0.320 e. The number of amides is 2. The summed E-state index contributed by atoms with van der Waals surface area (Å²) >= 11 is 0. The summed E-state index contributed by atoms with van der Waals surface area (Å²) in [5.74, 6) is 5.98. The average Bonchev–Trinajstić information content (AvgIpc) is 2.34. The number of carbonyl (C=O) groups is 1. The van der Waals surface area contributed by atoms with Crippen LogP contribution in [0.2, 0.25) is 0 Å². The van der Waals surface area contributed by atoms with Crippen LogP contribution in [-0.4, -0.2) is 24.1 Å². The van der Waals surface area contributed by atoms with Crippen LogP contribution in [0.3, 0.4) is 0 Å². The zero-order valence-electron chi connectivity index (χ0n) is 9.79. The predicted molar refractivity (Wildman–Crippen MR) is 67.5 cm³/mol. The molecule has 0 aliphatic heterocycles. The Bertz CT molecular complexity index is 434. The van der Waals surface area contributed by atoms with Crippen LogP contribution in [0.1, 0.15) is 19.0 Å². The van der Waals surface area contributed by atoms with Crippen LogP contribution < -0.4 is 16.4 Å². The lowest BCUT2D eigenvalue weighted by atomic mass is 10.3. The van der Waals surface area contributed by atoms with Crippen molar-refractivity contribution in [1.82, 2.24) is 10.3 Å². The van der Waals surface area contributed by atoms with Crippen LogP contribution in [0.5, 0.6) is 0 Å². The molecule has 4 N–H and O–H groups in total. The Morgan fingerprint density at radius 1 is 1.53 bits per heavy atom. The maximum atomic E-state index is 11.4. The standard InChI is InChI=1S/C12H16N4O/c1-2-9-14-12(17)16-11-7-3-5-10(15-11)6-4-8-13/h3,5,7H,2,8-9,13H2,1H3,(H2,14,15,16,17). The third kappa shape index (κ3) is 5.00. The summed E-state index contributed by atoms with van der Waals surface area (Å²) in [5.41, 5.74) is 5.86. The molecule has 5 nitrogen and oxygen atoms in total. The van der Waals surface area contributed by atoms with Crippen LogP contribution in [0.25, 0.3) is 0 Å². The summed E-state index contributed by atoms with van der Waals surface area (Å²) in [7, 11) is 0. The molecular weight excluding hydrogens is 216 g/mol. The summed E-state index contributed by atoms with van der Waals surface area (Å²) in [6, 6.07) is 4.99. The molecule has 1 aromatic rings. The Morgan fingerprint density at radius 3 is 3.06 bits per heavy atom. The van der Waals surface area contributed by atoms with Gasteiger partial charge in [-0.1, -0.05) is 18.9 Å². The second kappa shape index (κ2) is 7.25. The number of rotatable bonds is 3. The van der Waals surface area contributed by atoms with E-state index in [2.05, 4.69) is 27.5 Å². The second-order valence-electron chi connectivity index (χ2n) is 3.29. The third-order valence-electron chi connectivity index (χ3n) is 1.84. The van der Waals surface area contributed by atoms with E-state index in [0.717, 1.165) is 6.42 Å². The molecule has 0 saturated carbocycles. The normalized spacial score (nSPS) is 9.06. The van der Waals surface area contributed by atoms with E-state index in [1.54, 1.807) is 18.2 Å². The van der Waals surface area contributed by atoms with E-state index in [1.807, 2.05) is 6.92 Å². The van der Waals surface area contributed by atoms with E-state index < -0.39 is 0 Å². The van der Waals surface area contributed by atoms with E-state index in [1.165, 1.54) is 0 Å². The average molecular weight is 232 g/mol. The van der Waals surface area contributed by atoms with Crippen LogP contribution in [0.4, 0.5) is 10.6 Å². The number of nitrogens with zero attached hydrogens (tertiary/aromatic N) is 1. The van der Waals surface area contributed by atoms with Crippen molar-refractivity contribution >= 4 is 11.8 Å². The van der Waals surface area contributed by atoms with E-state index in [9.17, 15) is 4.79 Å². The predicted octanol–water partition coefficient (Wildman–Crippen LogP) is 0.923. The minimum atomic E-state index is -0.261. The first kappa shape index (κ1) is 13.0. The first-order chi connectivity index (χ1) is 8.26. The molecular formula is C12H16N4O. The van der Waals surface area contributed by atoms with Gasteiger partial charge in [0, 0.05) is 6.54 Å². The fourth-order valence-electron chi connectivity index (χ4n) is 1.11. The molecule has 90 valence electrons. The first-order valence-corrected chi connectivity index (χ1v) is 5.47. The molecule has 1 aromatic heterocycles. The van der Waals surface area contributed by atoms with E-state index in [4.69, 9.17) is 5.73 Å². The highest BCUT2D eigenvalue weighted by molar-refractivity contribution is 5.88. The second-order valence-corrected chi connectivity index (χ2v) is 3.29. The molecule has 0 aliphatic rings. The lowest BCUT2D eigenvalue weighted by Gasteiger charge is -2.05. The van der Waals surface area contributed by atoms with Gasteiger partial charge in [-0.15, -0.1) is 0 Å². The van der Waals surface area contributed by atoms with Crippen molar-refractivity contribution in [3.05, 3.63) is 23.9 Å². The number of anilines is 1. The molecule has 0 bridgehead atoms. The van der Waals surface area contributed by atoms with Gasteiger partial charge in [-0.2, -0.15) is 0 Å². The minimum absolute atomic E-state index is 0.261. The molecule has 2 amide bonds. The van der Waals surface area contributed by atoms with Crippen molar-refractivity contribution in [2.24, 2.45) is 5.73 Å². The highest BCUT2D eigenvalue weighted by atomic mass is 16.2. The largest absolute Gasteiger partial charge is 0.338 e. The van der Waals surface area contributed by atoms with Crippen LogP contribution in [-0.2, 0) is 0 Å².